The highest BCUT2D eigenvalue weighted by Crippen LogP contribution is 2.29. The molecule has 0 fully saturated rings. The van der Waals surface area contributed by atoms with Gasteiger partial charge < -0.3 is 20.3 Å². The van der Waals surface area contributed by atoms with Crippen molar-refractivity contribution in [1.82, 2.24) is 10.6 Å². The van der Waals surface area contributed by atoms with Crippen LogP contribution in [0.5, 0.6) is 5.75 Å². The molecule has 0 saturated carbocycles. The molecule has 0 aliphatic carbocycles. The molecule has 2 N–H and O–H groups in total. The van der Waals surface area contributed by atoms with E-state index < -0.39 is 17.9 Å². The van der Waals surface area contributed by atoms with Crippen LogP contribution in [0.2, 0.25) is 0 Å². The van der Waals surface area contributed by atoms with E-state index >= 15 is 0 Å². The van der Waals surface area contributed by atoms with E-state index in [-0.39, 0.29) is 12.5 Å². The van der Waals surface area contributed by atoms with E-state index in [2.05, 4.69) is 10.6 Å². The average Bonchev–Trinajstić information content (AvgIpc) is 3.13. The fraction of sp³-hybridized carbons (Fsp3) is 0.278. The van der Waals surface area contributed by atoms with Crippen LogP contribution in [0, 0.1) is 0 Å². The molecule has 3 rings (SSSR count). The molecule has 0 unspecified atom stereocenters. The number of hydrogen-bond acceptors (Lipinski definition) is 5. The van der Waals surface area contributed by atoms with Gasteiger partial charge in [-0.15, -0.1) is 11.3 Å². The van der Waals surface area contributed by atoms with E-state index in [4.69, 9.17) is 4.74 Å². The van der Waals surface area contributed by atoms with Crippen molar-refractivity contribution in [2.45, 2.75) is 12.5 Å². The highest BCUT2D eigenvalue weighted by Gasteiger charge is 2.31. The minimum atomic E-state index is -0.928. The first-order valence-electron chi connectivity index (χ1n) is 8.16. The van der Waals surface area contributed by atoms with Crippen LogP contribution in [0.4, 0.5) is 5.69 Å². The van der Waals surface area contributed by atoms with Crippen LogP contribution in [0.3, 0.4) is 0 Å². The molecule has 26 heavy (non-hydrogen) atoms. The van der Waals surface area contributed by atoms with Crippen molar-refractivity contribution < 1.29 is 19.1 Å². The van der Waals surface area contributed by atoms with E-state index in [1.807, 2.05) is 17.5 Å². The number of hydrogen-bond donors (Lipinski definition) is 2. The number of para-hydroxylation sites is 2. The number of thiophene rings is 1. The topological polar surface area (TPSA) is 87.7 Å². The van der Waals surface area contributed by atoms with Crippen molar-refractivity contribution in [2.24, 2.45) is 0 Å². The second-order valence-electron chi connectivity index (χ2n) is 5.79. The monoisotopic (exact) mass is 373 g/mol. The third-order valence-corrected chi connectivity index (χ3v) is 4.95. The Bertz CT molecular complexity index is 807. The Balaban J connectivity index is 1.55. The normalized spacial score (nSPS) is 16.3. The summed E-state index contributed by atoms with van der Waals surface area (Å²) in [4.78, 5) is 39.1. The lowest BCUT2D eigenvalue weighted by atomic mass is 10.2. The molecule has 7 nitrogen and oxygen atoms in total. The fourth-order valence-corrected chi connectivity index (χ4v) is 3.32. The molecule has 0 radical (unpaired) electrons. The number of amides is 3. The zero-order chi connectivity index (χ0) is 18.5. The summed E-state index contributed by atoms with van der Waals surface area (Å²) in [7, 11) is 1.61. The maximum atomic E-state index is 12.5. The van der Waals surface area contributed by atoms with Gasteiger partial charge in [0, 0.05) is 18.5 Å². The Morgan fingerprint density at radius 2 is 2.04 bits per heavy atom. The van der Waals surface area contributed by atoms with Crippen LogP contribution in [-0.4, -0.2) is 44.0 Å². The summed E-state index contributed by atoms with van der Waals surface area (Å²) in [6.07, 6.45) is 0.653. The Morgan fingerprint density at radius 3 is 2.81 bits per heavy atom. The highest BCUT2D eigenvalue weighted by atomic mass is 32.1. The van der Waals surface area contributed by atoms with Crippen LogP contribution < -0.4 is 20.3 Å². The predicted molar refractivity (Wildman–Crippen MR) is 98.3 cm³/mol. The second kappa shape index (κ2) is 8.01. The van der Waals surface area contributed by atoms with E-state index in [0.717, 1.165) is 4.88 Å². The van der Waals surface area contributed by atoms with Gasteiger partial charge in [0.2, 0.25) is 0 Å². The molecule has 2 heterocycles. The summed E-state index contributed by atoms with van der Waals surface area (Å²) in [6, 6.07) is 10.1. The van der Waals surface area contributed by atoms with Gasteiger partial charge in [-0.25, -0.2) is 0 Å². The first-order chi connectivity index (χ1) is 12.6. The molecule has 0 saturated heterocycles. The molecule has 3 amide bonds. The minimum Gasteiger partial charge on any atom is -0.489 e. The van der Waals surface area contributed by atoms with Gasteiger partial charge in [0.1, 0.15) is 18.4 Å². The smallest absolute Gasteiger partial charge is 0.310 e. The molecule has 1 aromatic heterocycles. The lowest BCUT2D eigenvalue weighted by Crippen LogP contribution is -2.53. The Hall–Kier alpha value is -2.87. The molecule has 1 aliphatic rings. The van der Waals surface area contributed by atoms with Gasteiger partial charge in [-0.2, -0.15) is 0 Å². The molecular formula is C18H19N3O4S. The van der Waals surface area contributed by atoms with E-state index in [9.17, 15) is 14.4 Å². The van der Waals surface area contributed by atoms with Crippen molar-refractivity contribution in [2.75, 3.05) is 25.1 Å². The van der Waals surface area contributed by atoms with Crippen molar-refractivity contribution in [3.8, 4) is 5.75 Å². The van der Waals surface area contributed by atoms with E-state index in [0.29, 0.717) is 24.4 Å². The fourth-order valence-electron chi connectivity index (χ4n) is 2.61. The summed E-state index contributed by atoms with van der Waals surface area (Å²) in [6.45, 7) is 0.321. The van der Waals surface area contributed by atoms with Gasteiger partial charge in [-0.1, -0.05) is 18.2 Å². The molecular weight excluding hydrogens is 354 g/mol. The van der Waals surface area contributed by atoms with Gasteiger partial charge in [-0.05, 0) is 30.0 Å². The molecule has 1 aliphatic heterocycles. The number of nitrogens with one attached hydrogen (secondary N) is 2. The number of rotatable bonds is 4. The van der Waals surface area contributed by atoms with Gasteiger partial charge >= 0.3 is 11.8 Å². The lowest BCUT2D eigenvalue weighted by molar-refractivity contribution is -0.140. The molecule has 2 aromatic rings. The number of carbonyl (C=O) groups excluding carboxylic acids is 3. The largest absolute Gasteiger partial charge is 0.489 e. The van der Waals surface area contributed by atoms with E-state index in [1.54, 1.807) is 42.6 Å². The number of ether oxygens (including phenoxy) is 1. The molecule has 8 heteroatoms. The van der Waals surface area contributed by atoms with Crippen LogP contribution >= 0.6 is 11.3 Å². The second-order valence-corrected chi connectivity index (χ2v) is 6.82. The number of likely N-dealkylation sites (N-methyl/N-ethyl adjacent to an activating group) is 1. The van der Waals surface area contributed by atoms with E-state index in [1.165, 1.54) is 4.90 Å². The Morgan fingerprint density at radius 1 is 1.23 bits per heavy atom. The maximum Gasteiger partial charge on any atom is 0.310 e. The number of benzene rings is 1. The zero-order valence-corrected chi connectivity index (χ0v) is 15.0. The number of fused-ring (bicyclic) bond motifs is 1. The standard InChI is InChI=1S/C18H19N3O4S/c1-21-14-6-2-3-7-15(14)25-11-13(18(21)24)20-17(23)16(22)19-9-8-12-5-4-10-26-12/h2-7,10,13H,8-9,11H2,1H3,(H,19,22)(H,20,23)/t13-/m0/s1. The molecule has 0 bridgehead atoms. The first-order valence-corrected chi connectivity index (χ1v) is 9.04. The molecule has 1 atom stereocenters. The van der Waals surface area contributed by atoms with Crippen LogP contribution in [-0.2, 0) is 20.8 Å². The summed E-state index contributed by atoms with van der Waals surface area (Å²) in [5, 5.41) is 6.97. The number of anilines is 1. The molecule has 136 valence electrons. The highest BCUT2D eigenvalue weighted by molar-refractivity contribution is 7.09. The van der Waals surface area contributed by atoms with Crippen LogP contribution in [0.25, 0.3) is 0 Å². The predicted octanol–water partition coefficient (Wildman–Crippen LogP) is 0.947. The van der Waals surface area contributed by atoms with Gasteiger partial charge in [-0.3, -0.25) is 14.4 Å². The Labute approximate surface area is 155 Å². The Kier molecular flexibility index (Phi) is 5.52. The molecule has 0 spiro atoms. The number of carbonyl (C=O) groups is 3. The van der Waals surface area contributed by atoms with Crippen LogP contribution in [0.1, 0.15) is 4.88 Å². The quantitative estimate of drug-likeness (QED) is 0.781. The number of nitrogens with zero attached hydrogens (tertiary/aromatic N) is 1. The zero-order valence-electron chi connectivity index (χ0n) is 14.2. The molecule has 1 aromatic carbocycles. The van der Waals surface area contributed by atoms with Gasteiger partial charge in [0.05, 0.1) is 5.69 Å². The summed E-state index contributed by atoms with van der Waals surface area (Å²) < 4.78 is 5.61. The third-order valence-electron chi connectivity index (χ3n) is 4.01. The summed E-state index contributed by atoms with van der Waals surface area (Å²) in [5.41, 5.74) is 0.620. The first kappa shape index (κ1) is 17.9. The van der Waals surface area contributed by atoms with Crippen molar-refractivity contribution in [3.05, 3.63) is 46.7 Å². The average molecular weight is 373 g/mol. The summed E-state index contributed by atoms with van der Waals surface area (Å²) >= 11 is 1.59. The third kappa shape index (κ3) is 4.02. The van der Waals surface area contributed by atoms with Gasteiger partial charge in [0.25, 0.3) is 5.91 Å². The van der Waals surface area contributed by atoms with Crippen LogP contribution in [0.15, 0.2) is 41.8 Å². The van der Waals surface area contributed by atoms with Crippen molar-refractivity contribution in [3.63, 3.8) is 0 Å². The minimum absolute atomic E-state index is 0.0333. The van der Waals surface area contributed by atoms with Crippen molar-refractivity contribution >= 4 is 34.7 Å². The maximum absolute atomic E-state index is 12.5. The van der Waals surface area contributed by atoms with Crippen molar-refractivity contribution in [1.29, 1.82) is 0 Å². The summed E-state index contributed by atoms with van der Waals surface area (Å²) in [5.74, 6) is -1.40. The van der Waals surface area contributed by atoms with Gasteiger partial charge in [0.15, 0.2) is 0 Å². The SMILES string of the molecule is CN1C(=O)[C@@H](NC(=O)C(=O)NCCc2cccs2)COc2ccccc21. The lowest BCUT2D eigenvalue weighted by Gasteiger charge is -2.20.